The minimum atomic E-state index is -0.401. The lowest BCUT2D eigenvalue weighted by Gasteiger charge is -2.11. The summed E-state index contributed by atoms with van der Waals surface area (Å²) in [6.45, 7) is -0.00802. The average molecular weight is 286 g/mol. The number of hydrogen-bond acceptors (Lipinski definition) is 3. The van der Waals surface area contributed by atoms with Crippen LogP contribution in [0.3, 0.4) is 0 Å². The minimum absolute atomic E-state index is 0.281. The van der Waals surface area contributed by atoms with Crippen LogP contribution in [0.25, 0.3) is 0 Å². The molecule has 0 aromatic heterocycles. The second kappa shape index (κ2) is 7.32. The third-order valence-corrected chi connectivity index (χ3v) is 2.82. The summed E-state index contributed by atoms with van der Waals surface area (Å²) in [6, 6.07) is 11.6. The quantitative estimate of drug-likeness (QED) is 0.878. The highest BCUT2D eigenvalue weighted by molar-refractivity contribution is 5.46. The van der Waals surface area contributed by atoms with Gasteiger partial charge in [0.15, 0.2) is 0 Å². The maximum Gasteiger partial charge on any atom is 0.135 e. The topological polar surface area (TPSA) is 38.7 Å². The molecule has 2 rings (SSSR count). The van der Waals surface area contributed by atoms with Gasteiger partial charge >= 0.3 is 0 Å². The van der Waals surface area contributed by atoms with Gasteiger partial charge in [0.25, 0.3) is 0 Å². The van der Waals surface area contributed by atoms with E-state index in [9.17, 15) is 4.39 Å². The molecule has 0 radical (unpaired) electrons. The Kier molecular flexibility index (Phi) is 5.19. The molecule has 0 amide bonds. The van der Waals surface area contributed by atoms with E-state index in [0.717, 1.165) is 11.3 Å². The largest absolute Gasteiger partial charge is 0.496 e. The number of ether oxygens (including phenoxy) is 2. The Balaban J connectivity index is 2.20. The smallest absolute Gasteiger partial charge is 0.135 e. The molecule has 1 N–H and O–H groups in total. The summed E-state index contributed by atoms with van der Waals surface area (Å²) >= 11 is 0. The molecule has 0 bridgehead atoms. The van der Waals surface area contributed by atoms with Crippen LogP contribution in [0.2, 0.25) is 0 Å². The Labute approximate surface area is 122 Å². The van der Waals surface area contributed by atoms with Crippen molar-refractivity contribution in [3.8, 4) is 23.3 Å². The molecule has 0 aliphatic rings. The molecule has 108 valence electrons. The molecule has 0 unspecified atom stereocenters. The van der Waals surface area contributed by atoms with Crippen molar-refractivity contribution in [3.63, 3.8) is 0 Å². The van der Waals surface area contributed by atoms with E-state index in [1.165, 1.54) is 18.2 Å². The summed E-state index contributed by atoms with van der Waals surface area (Å²) in [5.41, 5.74) is 1.28. The second-order valence-electron chi connectivity index (χ2n) is 4.20. The highest BCUT2D eigenvalue weighted by atomic mass is 19.1. The molecule has 2 aromatic rings. The number of aliphatic hydroxyl groups excluding tert-OH is 1. The SMILES string of the molecule is COc1ccccc1COc1ccc(F)cc1C#CCO. The van der Waals surface area contributed by atoms with Crippen LogP contribution in [0.5, 0.6) is 11.5 Å². The number of para-hydroxylation sites is 1. The first-order chi connectivity index (χ1) is 10.2. The van der Waals surface area contributed by atoms with E-state index < -0.39 is 5.82 Å². The first kappa shape index (κ1) is 14.9. The van der Waals surface area contributed by atoms with Gasteiger partial charge in [-0.2, -0.15) is 0 Å². The lowest BCUT2D eigenvalue weighted by molar-refractivity contribution is 0.295. The first-order valence-corrected chi connectivity index (χ1v) is 6.38. The fourth-order valence-electron chi connectivity index (χ4n) is 1.84. The molecular formula is C17H15FO3. The third-order valence-electron chi connectivity index (χ3n) is 2.82. The summed E-state index contributed by atoms with van der Waals surface area (Å²) in [6.07, 6.45) is 0. The van der Waals surface area contributed by atoms with Crippen LogP contribution in [0, 0.1) is 17.7 Å². The maximum absolute atomic E-state index is 13.3. The van der Waals surface area contributed by atoms with Crippen molar-refractivity contribution in [1.29, 1.82) is 0 Å². The fourth-order valence-corrected chi connectivity index (χ4v) is 1.84. The molecule has 0 fully saturated rings. The van der Waals surface area contributed by atoms with E-state index in [1.54, 1.807) is 7.11 Å². The van der Waals surface area contributed by atoms with E-state index in [0.29, 0.717) is 11.3 Å². The number of hydrogen-bond donors (Lipinski definition) is 1. The number of methoxy groups -OCH3 is 1. The minimum Gasteiger partial charge on any atom is -0.496 e. The van der Waals surface area contributed by atoms with E-state index in [2.05, 4.69) is 11.8 Å². The Morgan fingerprint density at radius 2 is 1.95 bits per heavy atom. The van der Waals surface area contributed by atoms with Gasteiger partial charge in [-0.05, 0) is 24.3 Å². The molecule has 0 saturated heterocycles. The van der Waals surface area contributed by atoms with Crippen molar-refractivity contribution in [2.24, 2.45) is 0 Å². The average Bonchev–Trinajstić information content (AvgIpc) is 2.52. The van der Waals surface area contributed by atoms with Gasteiger partial charge in [0, 0.05) is 5.56 Å². The molecular weight excluding hydrogens is 271 g/mol. The highest BCUT2D eigenvalue weighted by Gasteiger charge is 2.06. The van der Waals surface area contributed by atoms with E-state index in [4.69, 9.17) is 14.6 Å². The van der Waals surface area contributed by atoms with Gasteiger partial charge in [-0.15, -0.1) is 0 Å². The standard InChI is InChI=1S/C17H15FO3/c1-20-16-7-3-2-5-14(16)12-21-17-9-8-15(18)11-13(17)6-4-10-19/h2-3,5,7-9,11,19H,10,12H2,1H3. The number of rotatable bonds is 4. The van der Waals surface area contributed by atoms with E-state index in [1.807, 2.05) is 24.3 Å². The third kappa shape index (κ3) is 3.98. The van der Waals surface area contributed by atoms with Crippen LogP contribution in [-0.2, 0) is 6.61 Å². The van der Waals surface area contributed by atoms with Crippen molar-refractivity contribution in [2.45, 2.75) is 6.61 Å². The van der Waals surface area contributed by atoms with Crippen molar-refractivity contribution < 1.29 is 19.0 Å². The molecule has 0 saturated carbocycles. The van der Waals surface area contributed by atoms with Crippen LogP contribution in [0.1, 0.15) is 11.1 Å². The molecule has 21 heavy (non-hydrogen) atoms. The molecule has 0 heterocycles. The normalized spacial score (nSPS) is 9.67. The van der Waals surface area contributed by atoms with Gasteiger partial charge in [0.2, 0.25) is 0 Å². The number of halogens is 1. The summed E-state index contributed by atoms with van der Waals surface area (Å²) in [7, 11) is 1.59. The summed E-state index contributed by atoms with van der Waals surface area (Å²) in [5, 5.41) is 8.74. The van der Waals surface area contributed by atoms with Gasteiger partial charge in [-0.25, -0.2) is 4.39 Å². The monoisotopic (exact) mass is 286 g/mol. The zero-order valence-corrected chi connectivity index (χ0v) is 11.6. The molecule has 2 aromatic carbocycles. The van der Waals surface area contributed by atoms with Crippen molar-refractivity contribution in [1.82, 2.24) is 0 Å². The van der Waals surface area contributed by atoms with Gasteiger partial charge in [0.05, 0.1) is 12.7 Å². The van der Waals surface area contributed by atoms with Gasteiger partial charge in [0.1, 0.15) is 30.5 Å². The van der Waals surface area contributed by atoms with Gasteiger partial charge in [-0.3, -0.25) is 0 Å². The Morgan fingerprint density at radius 1 is 1.14 bits per heavy atom. The second-order valence-corrected chi connectivity index (χ2v) is 4.20. The van der Waals surface area contributed by atoms with E-state index in [-0.39, 0.29) is 13.2 Å². The lowest BCUT2D eigenvalue weighted by Crippen LogP contribution is -2.00. The Bertz CT molecular complexity index is 671. The number of aliphatic hydroxyl groups is 1. The maximum atomic E-state index is 13.3. The van der Waals surface area contributed by atoms with Crippen LogP contribution >= 0.6 is 0 Å². The van der Waals surface area contributed by atoms with Crippen LogP contribution in [0.4, 0.5) is 4.39 Å². The molecule has 4 heteroatoms. The van der Waals surface area contributed by atoms with Crippen molar-refractivity contribution in [2.75, 3.05) is 13.7 Å². The zero-order chi connectivity index (χ0) is 15.1. The van der Waals surface area contributed by atoms with Crippen LogP contribution in [-0.4, -0.2) is 18.8 Å². The van der Waals surface area contributed by atoms with Crippen LogP contribution < -0.4 is 9.47 Å². The van der Waals surface area contributed by atoms with Crippen molar-refractivity contribution >= 4 is 0 Å². The first-order valence-electron chi connectivity index (χ1n) is 6.38. The fraction of sp³-hybridized carbons (Fsp3) is 0.176. The summed E-state index contributed by atoms with van der Waals surface area (Å²) in [5.74, 6) is 5.94. The Hall–Kier alpha value is -2.51. The predicted molar refractivity (Wildman–Crippen MR) is 77.7 cm³/mol. The summed E-state index contributed by atoms with van der Waals surface area (Å²) in [4.78, 5) is 0. The number of benzene rings is 2. The molecule has 0 spiro atoms. The lowest BCUT2D eigenvalue weighted by atomic mass is 10.2. The van der Waals surface area contributed by atoms with E-state index >= 15 is 0 Å². The zero-order valence-electron chi connectivity index (χ0n) is 11.6. The van der Waals surface area contributed by atoms with Crippen LogP contribution in [0.15, 0.2) is 42.5 Å². The summed E-state index contributed by atoms with van der Waals surface area (Å²) < 4.78 is 24.2. The Morgan fingerprint density at radius 3 is 2.71 bits per heavy atom. The van der Waals surface area contributed by atoms with Crippen molar-refractivity contribution in [3.05, 3.63) is 59.4 Å². The molecule has 3 nitrogen and oxygen atoms in total. The molecule has 0 atom stereocenters. The predicted octanol–water partition coefficient (Wildman–Crippen LogP) is 2.76. The van der Waals surface area contributed by atoms with Gasteiger partial charge in [-0.1, -0.05) is 30.0 Å². The van der Waals surface area contributed by atoms with Gasteiger partial charge < -0.3 is 14.6 Å². The molecule has 0 aliphatic heterocycles. The molecule has 0 aliphatic carbocycles. The highest BCUT2D eigenvalue weighted by Crippen LogP contribution is 2.23.